The van der Waals surface area contributed by atoms with Crippen LogP contribution in [0.4, 0.5) is 4.79 Å². The molecule has 1 unspecified atom stereocenters. The van der Waals surface area contributed by atoms with E-state index in [0.29, 0.717) is 0 Å². The van der Waals surface area contributed by atoms with E-state index in [4.69, 9.17) is 0 Å². The molecule has 2 heterocycles. The molecule has 2 aliphatic heterocycles. The molecule has 23 heavy (non-hydrogen) atoms. The fraction of sp³-hybridized carbons (Fsp3) is 0.944. The predicted molar refractivity (Wildman–Crippen MR) is 93.5 cm³/mol. The normalized spacial score (nSPS) is 25.3. The zero-order valence-electron chi connectivity index (χ0n) is 15.0. The lowest BCUT2D eigenvalue weighted by Crippen LogP contribution is -2.48. The van der Waals surface area contributed by atoms with Crippen molar-refractivity contribution < 1.29 is 9.90 Å². The van der Waals surface area contributed by atoms with Gasteiger partial charge in [0.15, 0.2) is 0 Å². The Labute approximate surface area is 141 Å². The molecule has 5 heteroatoms. The highest BCUT2D eigenvalue weighted by molar-refractivity contribution is 5.74. The van der Waals surface area contributed by atoms with Crippen molar-refractivity contribution in [3.05, 3.63) is 0 Å². The molecule has 5 nitrogen and oxygen atoms in total. The van der Waals surface area contributed by atoms with Gasteiger partial charge in [-0.3, -0.25) is 0 Å². The van der Waals surface area contributed by atoms with Crippen LogP contribution in [0.5, 0.6) is 0 Å². The average Bonchev–Trinajstić information content (AvgIpc) is 2.58. The van der Waals surface area contributed by atoms with Gasteiger partial charge in [-0.15, -0.1) is 0 Å². The molecule has 2 saturated heterocycles. The quantitative estimate of drug-likeness (QED) is 0.737. The van der Waals surface area contributed by atoms with Crippen LogP contribution in [0.25, 0.3) is 0 Å². The van der Waals surface area contributed by atoms with Gasteiger partial charge in [0.05, 0.1) is 0 Å². The second kappa shape index (κ2) is 8.88. The van der Waals surface area contributed by atoms with Crippen molar-refractivity contribution in [1.82, 2.24) is 15.1 Å². The molecule has 0 aromatic heterocycles. The van der Waals surface area contributed by atoms with Gasteiger partial charge in [0, 0.05) is 32.8 Å². The fourth-order valence-corrected chi connectivity index (χ4v) is 3.91. The number of urea groups is 1. The first kappa shape index (κ1) is 18.5. The molecule has 0 aromatic rings. The zero-order valence-corrected chi connectivity index (χ0v) is 15.0. The molecule has 2 amide bonds. The first-order valence-corrected chi connectivity index (χ1v) is 9.44. The number of nitrogens with one attached hydrogen (secondary N) is 1. The Morgan fingerprint density at radius 1 is 1.30 bits per heavy atom. The van der Waals surface area contributed by atoms with E-state index >= 15 is 0 Å². The van der Waals surface area contributed by atoms with Crippen LogP contribution in [-0.4, -0.2) is 66.8 Å². The van der Waals surface area contributed by atoms with Gasteiger partial charge in [-0.2, -0.15) is 0 Å². The van der Waals surface area contributed by atoms with Gasteiger partial charge in [-0.05, 0) is 62.9 Å². The maximum absolute atomic E-state index is 12.2. The lowest BCUT2D eigenvalue weighted by molar-refractivity contribution is 0.0519. The zero-order chi connectivity index (χ0) is 16.7. The number of rotatable bonds is 6. The third-order valence-electron chi connectivity index (χ3n) is 5.87. The number of nitrogens with zero attached hydrogens (tertiary/aromatic N) is 2. The van der Waals surface area contributed by atoms with Crippen LogP contribution in [0.15, 0.2) is 0 Å². The Morgan fingerprint density at radius 3 is 2.65 bits per heavy atom. The molecule has 2 aliphatic rings. The minimum Gasteiger partial charge on any atom is -0.396 e. The van der Waals surface area contributed by atoms with Gasteiger partial charge in [-0.1, -0.05) is 13.8 Å². The van der Waals surface area contributed by atoms with Crippen LogP contribution in [0.1, 0.15) is 52.4 Å². The summed E-state index contributed by atoms with van der Waals surface area (Å²) >= 11 is 0. The van der Waals surface area contributed by atoms with Gasteiger partial charge in [0.25, 0.3) is 0 Å². The van der Waals surface area contributed by atoms with E-state index in [1.54, 1.807) is 0 Å². The number of hydrogen-bond acceptors (Lipinski definition) is 3. The van der Waals surface area contributed by atoms with Gasteiger partial charge in [0.1, 0.15) is 0 Å². The van der Waals surface area contributed by atoms with E-state index in [2.05, 4.69) is 24.1 Å². The summed E-state index contributed by atoms with van der Waals surface area (Å²) in [6.45, 7) is 10.5. The number of carbonyl (C=O) groups is 1. The lowest BCUT2D eigenvalue weighted by atomic mass is 9.77. The second-order valence-corrected chi connectivity index (χ2v) is 7.63. The van der Waals surface area contributed by atoms with Crippen LogP contribution in [-0.2, 0) is 0 Å². The Balaban J connectivity index is 1.60. The molecular weight excluding hydrogens is 290 g/mol. The monoisotopic (exact) mass is 325 g/mol. The van der Waals surface area contributed by atoms with Crippen LogP contribution in [0.3, 0.4) is 0 Å². The Bertz CT molecular complexity index is 361. The Morgan fingerprint density at radius 2 is 2.04 bits per heavy atom. The molecule has 134 valence electrons. The van der Waals surface area contributed by atoms with Gasteiger partial charge >= 0.3 is 6.03 Å². The summed E-state index contributed by atoms with van der Waals surface area (Å²) in [5, 5.41) is 12.6. The van der Waals surface area contributed by atoms with E-state index < -0.39 is 0 Å². The molecule has 2 rings (SSSR count). The summed E-state index contributed by atoms with van der Waals surface area (Å²) in [5.41, 5.74) is 0.0434. The average molecular weight is 325 g/mol. The molecular formula is C18H35N3O2. The number of likely N-dealkylation sites (tertiary alicyclic amines) is 2. The molecule has 0 bridgehead atoms. The van der Waals surface area contributed by atoms with Crippen molar-refractivity contribution in [2.24, 2.45) is 11.3 Å². The number of aliphatic hydroxyl groups excluding tert-OH is 1. The molecule has 1 atom stereocenters. The minimum atomic E-state index is 0.0434. The predicted octanol–water partition coefficient (Wildman–Crippen LogP) is 2.30. The summed E-state index contributed by atoms with van der Waals surface area (Å²) < 4.78 is 0. The summed E-state index contributed by atoms with van der Waals surface area (Å²) in [4.78, 5) is 16.7. The highest BCUT2D eigenvalue weighted by Crippen LogP contribution is 2.34. The largest absolute Gasteiger partial charge is 0.396 e. The smallest absolute Gasteiger partial charge is 0.317 e. The van der Waals surface area contributed by atoms with Gasteiger partial charge in [-0.25, -0.2) is 4.79 Å². The summed E-state index contributed by atoms with van der Waals surface area (Å²) in [5.74, 6) is 0.817. The molecule has 2 fully saturated rings. The summed E-state index contributed by atoms with van der Waals surface area (Å²) in [6, 6.07) is 0.0691. The molecule has 0 radical (unpaired) electrons. The Hall–Kier alpha value is -0.810. The topological polar surface area (TPSA) is 55.8 Å². The standard InChI is InChI=1S/C18H35N3O2/c1-3-18(15-22)7-12-21(13-8-18)17(23)19-9-5-11-20-10-4-6-16(2)14-20/h16,22H,3-15H2,1-2H3,(H,19,23). The minimum absolute atomic E-state index is 0.0434. The molecule has 0 saturated carbocycles. The van der Waals surface area contributed by atoms with Crippen molar-refractivity contribution in [3.63, 3.8) is 0 Å². The third kappa shape index (κ3) is 5.35. The van der Waals surface area contributed by atoms with Crippen LogP contribution >= 0.6 is 0 Å². The van der Waals surface area contributed by atoms with E-state index in [1.807, 2.05) is 4.90 Å². The van der Waals surface area contributed by atoms with Crippen molar-refractivity contribution in [3.8, 4) is 0 Å². The number of amides is 2. The van der Waals surface area contributed by atoms with Gasteiger partial charge in [0.2, 0.25) is 0 Å². The van der Waals surface area contributed by atoms with Crippen LogP contribution in [0.2, 0.25) is 0 Å². The highest BCUT2D eigenvalue weighted by atomic mass is 16.3. The number of hydrogen-bond donors (Lipinski definition) is 2. The van der Waals surface area contributed by atoms with Crippen molar-refractivity contribution >= 4 is 6.03 Å². The maximum Gasteiger partial charge on any atom is 0.317 e. The highest BCUT2D eigenvalue weighted by Gasteiger charge is 2.33. The summed E-state index contributed by atoms with van der Waals surface area (Å²) in [7, 11) is 0. The first-order valence-electron chi connectivity index (χ1n) is 9.44. The number of carbonyl (C=O) groups excluding carboxylic acids is 1. The van der Waals surface area contributed by atoms with Crippen LogP contribution in [0, 0.1) is 11.3 Å². The van der Waals surface area contributed by atoms with E-state index in [1.165, 1.54) is 25.9 Å². The fourth-order valence-electron chi connectivity index (χ4n) is 3.91. The lowest BCUT2D eigenvalue weighted by Gasteiger charge is -2.40. The van der Waals surface area contributed by atoms with E-state index in [9.17, 15) is 9.90 Å². The number of piperidine rings is 2. The van der Waals surface area contributed by atoms with Crippen molar-refractivity contribution in [2.45, 2.75) is 52.4 Å². The SMILES string of the molecule is CCC1(CO)CCN(C(=O)NCCCN2CCCC(C)C2)CC1. The molecule has 0 aromatic carbocycles. The maximum atomic E-state index is 12.2. The van der Waals surface area contributed by atoms with Crippen molar-refractivity contribution in [1.29, 1.82) is 0 Å². The molecule has 0 spiro atoms. The van der Waals surface area contributed by atoms with Crippen molar-refractivity contribution in [2.75, 3.05) is 45.9 Å². The number of aliphatic hydroxyl groups is 1. The molecule has 2 N–H and O–H groups in total. The third-order valence-corrected chi connectivity index (χ3v) is 5.87. The molecule has 0 aliphatic carbocycles. The second-order valence-electron chi connectivity index (χ2n) is 7.63. The Kier molecular flexibility index (Phi) is 7.15. The van der Waals surface area contributed by atoms with E-state index in [-0.39, 0.29) is 18.1 Å². The van der Waals surface area contributed by atoms with Gasteiger partial charge < -0.3 is 20.2 Å². The first-order chi connectivity index (χ1) is 11.1. The van der Waals surface area contributed by atoms with E-state index in [0.717, 1.165) is 57.8 Å². The summed E-state index contributed by atoms with van der Waals surface area (Å²) in [6.07, 6.45) is 6.52. The van der Waals surface area contributed by atoms with Crippen LogP contribution < -0.4 is 5.32 Å².